The minimum Gasteiger partial charge on any atom is -0.497 e. The Morgan fingerprint density at radius 2 is 1.61 bits per heavy atom. The van der Waals surface area contributed by atoms with Gasteiger partial charge in [-0.25, -0.2) is 8.42 Å². The zero-order valence-electron chi connectivity index (χ0n) is 18.6. The number of ether oxygens (including phenoxy) is 1. The van der Waals surface area contributed by atoms with E-state index in [0.717, 1.165) is 49.0 Å². The molecule has 3 rings (SSSR count). The highest BCUT2D eigenvalue weighted by atomic mass is 32.2. The van der Waals surface area contributed by atoms with E-state index >= 15 is 0 Å². The van der Waals surface area contributed by atoms with Gasteiger partial charge in [-0.1, -0.05) is 49.1 Å². The van der Waals surface area contributed by atoms with E-state index in [2.05, 4.69) is 0 Å². The molecule has 7 heteroatoms. The Hall–Kier alpha value is -2.38. The van der Waals surface area contributed by atoms with E-state index in [1.54, 1.807) is 43.3 Å². The summed E-state index contributed by atoms with van der Waals surface area (Å²) < 4.78 is 33.6. The molecule has 0 heterocycles. The van der Waals surface area contributed by atoms with Crippen molar-refractivity contribution in [3.05, 3.63) is 59.7 Å². The molecule has 0 aliphatic heterocycles. The number of carbonyl (C=O) groups excluding carboxylic acids is 1. The van der Waals surface area contributed by atoms with E-state index < -0.39 is 10.0 Å². The van der Waals surface area contributed by atoms with Crippen LogP contribution < -0.4 is 4.74 Å². The Morgan fingerprint density at radius 1 is 1.00 bits per heavy atom. The molecule has 6 nitrogen and oxygen atoms in total. The van der Waals surface area contributed by atoms with Crippen LogP contribution in [0.5, 0.6) is 5.75 Å². The Kier molecular flexibility index (Phi) is 7.73. The number of rotatable bonds is 8. The van der Waals surface area contributed by atoms with Crippen molar-refractivity contribution in [1.29, 1.82) is 0 Å². The van der Waals surface area contributed by atoms with E-state index in [9.17, 15) is 13.2 Å². The minimum absolute atomic E-state index is 0.140. The number of sulfonamides is 1. The number of likely N-dealkylation sites (N-methyl/N-ethyl adjacent to an activating group) is 1. The fraction of sp³-hybridized carbons (Fsp3) is 0.458. The smallest absolute Gasteiger partial charge is 0.243 e. The lowest BCUT2D eigenvalue weighted by Crippen LogP contribution is -2.47. The number of methoxy groups -OCH3 is 1. The molecule has 0 atom stereocenters. The Balaban J connectivity index is 1.78. The van der Waals surface area contributed by atoms with Crippen molar-refractivity contribution in [1.82, 2.24) is 9.21 Å². The van der Waals surface area contributed by atoms with Crippen LogP contribution in [0.15, 0.2) is 53.4 Å². The molecule has 31 heavy (non-hydrogen) atoms. The molecule has 0 N–H and O–H groups in total. The summed E-state index contributed by atoms with van der Waals surface area (Å²) in [5, 5.41) is 0. The first kappa shape index (κ1) is 23.3. The molecule has 1 amide bonds. The van der Waals surface area contributed by atoms with Crippen LogP contribution in [0.4, 0.5) is 0 Å². The lowest BCUT2D eigenvalue weighted by molar-refractivity contribution is -0.131. The van der Waals surface area contributed by atoms with Crippen LogP contribution in [-0.4, -0.2) is 50.3 Å². The third-order valence-electron chi connectivity index (χ3n) is 5.91. The van der Waals surface area contributed by atoms with Gasteiger partial charge in [-0.3, -0.25) is 4.79 Å². The van der Waals surface area contributed by atoms with Gasteiger partial charge in [0.2, 0.25) is 15.9 Å². The fourth-order valence-corrected chi connectivity index (χ4v) is 5.61. The van der Waals surface area contributed by atoms with Crippen molar-refractivity contribution in [3.8, 4) is 5.75 Å². The largest absolute Gasteiger partial charge is 0.497 e. The summed E-state index contributed by atoms with van der Waals surface area (Å²) in [7, 11) is -0.436. The first-order chi connectivity index (χ1) is 14.8. The summed E-state index contributed by atoms with van der Waals surface area (Å²) in [6, 6.07) is 14.2. The van der Waals surface area contributed by atoms with Gasteiger partial charge in [0.05, 0.1) is 18.6 Å². The zero-order chi connectivity index (χ0) is 22.4. The average Bonchev–Trinajstić information content (AvgIpc) is 2.78. The van der Waals surface area contributed by atoms with Gasteiger partial charge in [-0.2, -0.15) is 4.31 Å². The summed E-state index contributed by atoms with van der Waals surface area (Å²) in [5.74, 6) is 0.544. The lowest BCUT2D eigenvalue weighted by atomic mass is 9.95. The SMILES string of the molecule is COc1ccc(CN(C)C(=O)CN(C2CCCCC2)S(=O)(=O)c2ccc(C)cc2)cc1. The first-order valence-electron chi connectivity index (χ1n) is 10.8. The van der Waals surface area contributed by atoms with E-state index in [0.29, 0.717) is 6.54 Å². The number of carbonyl (C=O) groups is 1. The predicted molar refractivity (Wildman–Crippen MR) is 121 cm³/mol. The molecule has 0 aromatic heterocycles. The Bertz CT molecular complexity index is 966. The van der Waals surface area contributed by atoms with Crippen LogP contribution in [0.3, 0.4) is 0 Å². The van der Waals surface area contributed by atoms with Crippen molar-refractivity contribution < 1.29 is 17.9 Å². The molecule has 168 valence electrons. The van der Waals surface area contributed by atoms with Gasteiger partial charge in [0.15, 0.2) is 0 Å². The second kappa shape index (κ2) is 10.3. The van der Waals surface area contributed by atoms with Gasteiger partial charge < -0.3 is 9.64 Å². The summed E-state index contributed by atoms with van der Waals surface area (Å²) in [5.41, 5.74) is 1.96. The molecule has 1 fully saturated rings. The second-order valence-corrected chi connectivity index (χ2v) is 10.1. The first-order valence-corrected chi connectivity index (χ1v) is 12.2. The van der Waals surface area contributed by atoms with Crippen molar-refractivity contribution >= 4 is 15.9 Å². The Labute approximate surface area is 185 Å². The monoisotopic (exact) mass is 444 g/mol. The van der Waals surface area contributed by atoms with Crippen molar-refractivity contribution in [2.24, 2.45) is 0 Å². The van der Waals surface area contributed by atoms with Gasteiger partial charge in [0.1, 0.15) is 5.75 Å². The zero-order valence-corrected chi connectivity index (χ0v) is 19.4. The van der Waals surface area contributed by atoms with Gasteiger partial charge in [0, 0.05) is 19.6 Å². The van der Waals surface area contributed by atoms with E-state index in [-0.39, 0.29) is 23.4 Å². The Morgan fingerprint density at radius 3 is 2.19 bits per heavy atom. The third-order valence-corrected chi connectivity index (χ3v) is 7.82. The minimum atomic E-state index is -3.76. The van der Waals surface area contributed by atoms with E-state index in [4.69, 9.17) is 4.74 Å². The molecule has 1 saturated carbocycles. The highest BCUT2D eigenvalue weighted by Crippen LogP contribution is 2.28. The predicted octanol–water partition coefficient (Wildman–Crippen LogP) is 3.99. The molecule has 2 aromatic carbocycles. The molecule has 1 aliphatic rings. The molecule has 1 aliphatic carbocycles. The number of benzene rings is 2. The quantitative estimate of drug-likeness (QED) is 0.618. The number of hydrogen-bond acceptors (Lipinski definition) is 4. The second-order valence-electron chi connectivity index (χ2n) is 8.25. The molecular formula is C24H32N2O4S. The molecule has 0 bridgehead atoms. The lowest BCUT2D eigenvalue weighted by Gasteiger charge is -2.34. The van der Waals surface area contributed by atoms with Gasteiger partial charge >= 0.3 is 0 Å². The van der Waals surface area contributed by atoms with Gasteiger partial charge in [0.25, 0.3) is 0 Å². The molecule has 0 saturated heterocycles. The maximum absolute atomic E-state index is 13.5. The molecule has 0 spiro atoms. The topological polar surface area (TPSA) is 66.9 Å². The van der Waals surface area contributed by atoms with E-state index in [1.165, 1.54) is 4.31 Å². The fourth-order valence-electron chi connectivity index (χ4n) is 3.97. The van der Waals surface area contributed by atoms with Crippen LogP contribution >= 0.6 is 0 Å². The molecule has 0 unspecified atom stereocenters. The van der Waals surface area contributed by atoms with Crippen LogP contribution in [0.1, 0.15) is 43.2 Å². The van der Waals surface area contributed by atoms with Crippen LogP contribution in [0.25, 0.3) is 0 Å². The maximum atomic E-state index is 13.5. The van der Waals surface area contributed by atoms with Gasteiger partial charge in [-0.05, 0) is 49.6 Å². The standard InChI is InChI=1S/C24H32N2O4S/c1-19-9-15-23(16-10-19)31(28,29)26(21-7-5-4-6-8-21)18-24(27)25(2)17-20-11-13-22(30-3)14-12-20/h9-16,21H,4-8,17-18H2,1-3H3. The summed E-state index contributed by atoms with van der Waals surface area (Å²) in [6.07, 6.45) is 4.67. The summed E-state index contributed by atoms with van der Waals surface area (Å²) in [4.78, 5) is 14.9. The average molecular weight is 445 g/mol. The van der Waals surface area contributed by atoms with Crippen LogP contribution in [-0.2, 0) is 21.4 Å². The number of amides is 1. The number of nitrogens with zero attached hydrogens (tertiary/aromatic N) is 2. The van der Waals surface area contributed by atoms with Crippen LogP contribution in [0.2, 0.25) is 0 Å². The van der Waals surface area contributed by atoms with Crippen molar-refractivity contribution in [2.75, 3.05) is 20.7 Å². The van der Waals surface area contributed by atoms with Crippen molar-refractivity contribution in [3.63, 3.8) is 0 Å². The van der Waals surface area contributed by atoms with E-state index in [1.807, 2.05) is 31.2 Å². The highest BCUT2D eigenvalue weighted by Gasteiger charge is 2.34. The number of hydrogen-bond donors (Lipinski definition) is 0. The van der Waals surface area contributed by atoms with Crippen molar-refractivity contribution in [2.45, 2.75) is 56.5 Å². The van der Waals surface area contributed by atoms with Gasteiger partial charge in [-0.15, -0.1) is 0 Å². The molecular weight excluding hydrogens is 412 g/mol. The normalized spacial score (nSPS) is 15.1. The third kappa shape index (κ3) is 5.86. The molecule has 0 radical (unpaired) electrons. The number of aryl methyl sites for hydroxylation is 1. The summed E-state index contributed by atoms with van der Waals surface area (Å²) in [6.45, 7) is 2.19. The maximum Gasteiger partial charge on any atom is 0.243 e. The van der Waals surface area contributed by atoms with Crippen LogP contribution in [0, 0.1) is 6.92 Å². The highest BCUT2D eigenvalue weighted by molar-refractivity contribution is 7.89. The summed E-state index contributed by atoms with van der Waals surface area (Å²) >= 11 is 0. The molecule has 2 aromatic rings.